The lowest BCUT2D eigenvalue weighted by atomic mass is 10.1. The first-order valence-corrected chi connectivity index (χ1v) is 8.48. The molecule has 0 aromatic heterocycles. The van der Waals surface area contributed by atoms with Crippen LogP contribution < -0.4 is 9.46 Å². The summed E-state index contributed by atoms with van der Waals surface area (Å²) in [6, 6.07) is 12.4. The lowest BCUT2D eigenvalue weighted by Crippen LogP contribution is -2.26. The zero-order valence-corrected chi connectivity index (χ0v) is 13.4. The predicted octanol–water partition coefficient (Wildman–Crippen LogP) is 2.24. The summed E-state index contributed by atoms with van der Waals surface area (Å²) in [6.07, 6.45) is -0.562. The van der Waals surface area contributed by atoms with Gasteiger partial charge in [-0.1, -0.05) is 30.3 Å². The Kier molecular flexibility index (Phi) is 5.70. The van der Waals surface area contributed by atoms with Crippen LogP contribution in [0.5, 0.6) is 5.75 Å². The Morgan fingerprint density at radius 1 is 1.22 bits per heavy atom. The van der Waals surface area contributed by atoms with Crippen molar-refractivity contribution in [2.75, 3.05) is 13.7 Å². The summed E-state index contributed by atoms with van der Waals surface area (Å²) in [7, 11) is -2.54. The molecule has 0 amide bonds. The van der Waals surface area contributed by atoms with Crippen molar-refractivity contribution in [2.45, 2.75) is 17.4 Å². The van der Waals surface area contributed by atoms with Gasteiger partial charge in [0.15, 0.2) is 11.6 Å². The third kappa shape index (κ3) is 4.51. The van der Waals surface area contributed by atoms with E-state index in [9.17, 15) is 17.9 Å². The molecule has 0 spiro atoms. The number of hydrogen-bond donors (Lipinski definition) is 2. The highest BCUT2D eigenvalue weighted by molar-refractivity contribution is 7.89. The zero-order chi connectivity index (χ0) is 16.9. The first-order chi connectivity index (χ1) is 10.9. The van der Waals surface area contributed by atoms with Gasteiger partial charge >= 0.3 is 0 Å². The van der Waals surface area contributed by atoms with Gasteiger partial charge in [-0.2, -0.15) is 0 Å². The van der Waals surface area contributed by atoms with Gasteiger partial charge < -0.3 is 9.84 Å². The van der Waals surface area contributed by atoms with Crippen molar-refractivity contribution in [3.05, 3.63) is 59.9 Å². The molecule has 0 aliphatic heterocycles. The van der Waals surface area contributed by atoms with Crippen LogP contribution >= 0.6 is 0 Å². The molecule has 0 radical (unpaired) electrons. The normalized spacial score (nSPS) is 12.8. The Hall–Kier alpha value is -1.96. The maximum Gasteiger partial charge on any atom is 0.240 e. The summed E-state index contributed by atoms with van der Waals surface area (Å²) >= 11 is 0. The van der Waals surface area contributed by atoms with Crippen LogP contribution in [0.1, 0.15) is 18.1 Å². The maximum atomic E-state index is 13.6. The van der Waals surface area contributed by atoms with E-state index in [-0.39, 0.29) is 23.6 Å². The molecule has 124 valence electrons. The summed E-state index contributed by atoms with van der Waals surface area (Å²) in [4.78, 5) is -0.190. The van der Waals surface area contributed by atoms with E-state index < -0.39 is 21.9 Å². The van der Waals surface area contributed by atoms with Crippen molar-refractivity contribution in [1.82, 2.24) is 4.72 Å². The molecule has 1 atom stereocenters. The Labute approximate surface area is 134 Å². The number of rotatable bonds is 7. The van der Waals surface area contributed by atoms with Gasteiger partial charge in [0.05, 0.1) is 18.1 Å². The van der Waals surface area contributed by atoms with Gasteiger partial charge in [-0.25, -0.2) is 17.5 Å². The van der Waals surface area contributed by atoms with Gasteiger partial charge in [0.1, 0.15) is 0 Å². The Morgan fingerprint density at radius 3 is 2.52 bits per heavy atom. The topological polar surface area (TPSA) is 75.6 Å². The van der Waals surface area contributed by atoms with Gasteiger partial charge in [0.25, 0.3) is 0 Å². The van der Waals surface area contributed by atoms with E-state index in [4.69, 9.17) is 4.74 Å². The largest absolute Gasteiger partial charge is 0.494 e. The maximum absolute atomic E-state index is 13.6. The van der Waals surface area contributed by atoms with Gasteiger partial charge in [0.2, 0.25) is 10.0 Å². The molecule has 2 aromatic rings. The SMILES string of the molecule is COc1ccc(S(=O)(=O)NCCC(O)c2ccccc2)cc1F. The van der Waals surface area contributed by atoms with Crippen molar-refractivity contribution < 1.29 is 22.7 Å². The monoisotopic (exact) mass is 339 g/mol. The molecule has 1 unspecified atom stereocenters. The number of nitrogens with one attached hydrogen (secondary N) is 1. The molecule has 2 rings (SSSR count). The van der Waals surface area contributed by atoms with Crippen molar-refractivity contribution >= 4 is 10.0 Å². The standard InChI is InChI=1S/C16H18FNO4S/c1-22-16-8-7-13(11-14(16)17)23(20,21)18-10-9-15(19)12-5-3-2-4-6-12/h2-8,11,15,18-19H,9-10H2,1H3. The van der Waals surface area contributed by atoms with Crippen LogP contribution in [0.2, 0.25) is 0 Å². The second kappa shape index (κ2) is 7.54. The van der Waals surface area contributed by atoms with Crippen molar-refractivity contribution in [3.63, 3.8) is 0 Å². The average molecular weight is 339 g/mol. The number of methoxy groups -OCH3 is 1. The quantitative estimate of drug-likeness (QED) is 0.811. The van der Waals surface area contributed by atoms with E-state index in [0.717, 1.165) is 6.07 Å². The predicted molar refractivity (Wildman–Crippen MR) is 84.2 cm³/mol. The van der Waals surface area contributed by atoms with Gasteiger partial charge in [-0.3, -0.25) is 0 Å². The number of aliphatic hydroxyl groups is 1. The van der Waals surface area contributed by atoms with Crippen molar-refractivity contribution in [2.24, 2.45) is 0 Å². The molecule has 2 N–H and O–H groups in total. The van der Waals surface area contributed by atoms with Crippen LogP contribution in [0.25, 0.3) is 0 Å². The molecular weight excluding hydrogens is 321 g/mol. The molecule has 0 bridgehead atoms. The number of hydrogen-bond acceptors (Lipinski definition) is 4. The van der Waals surface area contributed by atoms with Gasteiger partial charge in [-0.15, -0.1) is 0 Å². The summed E-state index contributed by atoms with van der Waals surface area (Å²) in [5.41, 5.74) is 0.710. The Balaban J connectivity index is 1.98. The minimum atomic E-state index is -3.84. The molecule has 5 nitrogen and oxygen atoms in total. The van der Waals surface area contributed by atoms with Gasteiger partial charge in [-0.05, 0) is 30.2 Å². The molecule has 2 aromatic carbocycles. The molecule has 0 heterocycles. The summed E-state index contributed by atoms with van der Waals surface area (Å²) in [5.74, 6) is -0.775. The van der Waals surface area contributed by atoms with Crippen LogP contribution in [-0.2, 0) is 10.0 Å². The molecule has 7 heteroatoms. The number of sulfonamides is 1. The highest BCUT2D eigenvalue weighted by Gasteiger charge is 2.17. The fraction of sp³-hybridized carbons (Fsp3) is 0.250. The smallest absolute Gasteiger partial charge is 0.240 e. The first-order valence-electron chi connectivity index (χ1n) is 7.00. The van der Waals surface area contributed by atoms with E-state index in [2.05, 4.69) is 4.72 Å². The minimum Gasteiger partial charge on any atom is -0.494 e. The summed E-state index contributed by atoms with van der Waals surface area (Å²) in [5, 5.41) is 9.99. The zero-order valence-electron chi connectivity index (χ0n) is 12.6. The summed E-state index contributed by atoms with van der Waals surface area (Å²) in [6.45, 7) is 0.0338. The van der Waals surface area contributed by atoms with E-state index in [1.165, 1.54) is 19.2 Å². The second-order valence-electron chi connectivity index (χ2n) is 4.91. The molecule has 0 aliphatic rings. The lowest BCUT2D eigenvalue weighted by Gasteiger charge is -2.12. The van der Waals surface area contributed by atoms with E-state index in [0.29, 0.717) is 5.56 Å². The Morgan fingerprint density at radius 2 is 1.91 bits per heavy atom. The first kappa shape index (κ1) is 17.4. The fourth-order valence-corrected chi connectivity index (χ4v) is 3.13. The highest BCUT2D eigenvalue weighted by Crippen LogP contribution is 2.21. The third-order valence-electron chi connectivity index (χ3n) is 3.33. The average Bonchev–Trinajstić information content (AvgIpc) is 2.55. The van der Waals surface area contributed by atoms with Crippen LogP contribution in [0.4, 0.5) is 4.39 Å². The molecule has 0 saturated carbocycles. The summed E-state index contributed by atoms with van der Waals surface area (Å²) < 4.78 is 44.9. The molecule has 0 aliphatic carbocycles. The van der Waals surface area contributed by atoms with Crippen LogP contribution in [-0.4, -0.2) is 27.2 Å². The number of benzene rings is 2. The van der Waals surface area contributed by atoms with Crippen molar-refractivity contribution in [3.8, 4) is 5.75 Å². The number of halogens is 1. The van der Waals surface area contributed by atoms with Crippen molar-refractivity contribution in [1.29, 1.82) is 0 Å². The molecule has 23 heavy (non-hydrogen) atoms. The molecular formula is C16H18FNO4S. The number of aliphatic hydroxyl groups excluding tert-OH is 1. The van der Waals surface area contributed by atoms with Crippen LogP contribution in [0, 0.1) is 5.82 Å². The van der Waals surface area contributed by atoms with E-state index >= 15 is 0 Å². The molecule has 0 saturated heterocycles. The second-order valence-corrected chi connectivity index (χ2v) is 6.68. The minimum absolute atomic E-state index is 0.0246. The van der Waals surface area contributed by atoms with Crippen LogP contribution in [0.15, 0.2) is 53.4 Å². The number of ether oxygens (including phenoxy) is 1. The third-order valence-corrected chi connectivity index (χ3v) is 4.79. The van der Waals surface area contributed by atoms with E-state index in [1.807, 2.05) is 6.07 Å². The lowest BCUT2D eigenvalue weighted by molar-refractivity contribution is 0.169. The fourth-order valence-electron chi connectivity index (χ4n) is 2.07. The highest BCUT2D eigenvalue weighted by atomic mass is 32.2. The van der Waals surface area contributed by atoms with Gasteiger partial charge in [0, 0.05) is 6.54 Å². The molecule has 0 fully saturated rings. The van der Waals surface area contributed by atoms with Crippen LogP contribution in [0.3, 0.4) is 0 Å². The van der Waals surface area contributed by atoms with E-state index in [1.54, 1.807) is 24.3 Å². The Bertz CT molecular complexity index is 750.